The zero-order valence-electron chi connectivity index (χ0n) is 39.0. The van der Waals surface area contributed by atoms with E-state index < -0.39 is 5.41 Å². The summed E-state index contributed by atoms with van der Waals surface area (Å²) in [4.78, 5) is 13.8. The second-order valence-corrected chi connectivity index (χ2v) is 19.2. The molecule has 16 rings (SSSR count). The van der Waals surface area contributed by atoms with E-state index in [1.54, 1.807) is 0 Å². The summed E-state index contributed by atoms with van der Waals surface area (Å²) >= 11 is 0. The normalized spacial score (nSPS) is 13.1. The van der Waals surface area contributed by atoms with Crippen molar-refractivity contribution in [3.63, 3.8) is 0 Å². The van der Waals surface area contributed by atoms with Crippen molar-refractivity contribution in [3.8, 4) is 51.1 Å². The third-order valence-electron chi connectivity index (χ3n) is 15.6. The van der Waals surface area contributed by atoms with Crippen molar-refractivity contribution >= 4 is 71.1 Å². The van der Waals surface area contributed by atoms with Crippen LogP contribution in [0, 0.1) is 6.57 Å². The summed E-state index contributed by atoms with van der Waals surface area (Å²) in [6, 6.07) is 78.0. The topological polar surface area (TPSA) is 54.2 Å². The van der Waals surface area contributed by atoms with Crippen molar-refractivity contribution in [2.24, 2.45) is 0 Å². The Morgan fingerprint density at radius 2 is 0.822 bits per heavy atom. The molecule has 2 aliphatic rings. The predicted molar refractivity (Wildman–Crippen MR) is 294 cm³/mol. The van der Waals surface area contributed by atoms with Crippen LogP contribution in [0.2, 0.25) is 0 Å². The maximum Gasteiger partial charge on any atom is 0.188 e. The van der Waals surface area contributed by atoms with Gasteiger partial charge in [0.1, 0.15) is 11.5 Å². The molecule has 14 aromatic rings. The molecule has 0 atom stereocenters. The highest BCUT2D eigenvalue weighted by Gasteiger charge is 2.52. The van der Waals surface area contributed by atoms with Gasteiger partial charge in [0.25, 0.3) is 0 Å². The van der Waals surface area contributed by atoms with Gasteiger partial charge < -0.3 is 18.4 Å². The molecule has 0 N–H and O–H groups in total. The quantitative estimate of drug-likeness (QED) is 0.165. The summed E-state index contributed by atoms with van der Waals surface area (Å²) in [5, 5.41) is 7.02. The highest BCUT2D eigenvalue weighted by molar-refractivity contribution is 6.12. The van der Waals surface area contributed by atoms with Crippen molar-refractivity contribution in [2.75, 3.05) is 0 Å². The van der Waals surface area contributed by atoms with Gasteiger partial charge in [-0.3, -0.25) is 9.97 Å². The Morgan fingerprint density at radius 1 is 0.356 bits per heavy atom. The summed E-state index contributed by atoms with van der Waals surface area (Å²) in [7, 11) is 0. The van der Waals surface area contributed by atoms with Crippen molar-refractivity contribution in [3.05, 3.63) is 264 Å². The molecule has 73 heavy (non-hydrogen) atoms. The van der Waals surface area contributed by atoms with E-state index in [1.165, 1.54) is 32.6 Å². The first kappa shape index (κ1) is 39.8. The summed E-state index contributed by atoms with van der Waals surface area (Å²) in [6.45, 7) is 7.78. The van der Waals surface area contributed by atoms with Gasteiger partial charge in [-0.2, -0.15) is 0 Å². The van der Waals surface area contributed by atoms with E-state index in [9.17, 15) is 0 Å². The van der Waals surface area contributed by atoms with Crippen LogP contribution in [0.1, 0.15) is 22.3 Å². The second-order valence-electron chi connectivity index (χ2n) is 19.2. The maximum atomic E-state index is 7.78. The van der Waals surface area contributed by atoms with Gasteiger partial charge in [-0.1, -0.05) is 109 Å². The number of benzene rings is 9. The standard InChI is InChI=1S/C66H38N6O/c1-67-42-24-32-61-51(38-42)49-15-5-9-21-59(49)72(61)45-29-33-62-55(39-45)66(53-16-10-34-68-64(53)65-54(66)17-11-35-69-65)52-30-22-41(37-63(52)73-62)40-23-31-60-50(36-40)48-14-4-8-20-58(48)71(60)44-27-25-43(26-28-44)70-56-18-6-2-12-46(56)47-13-3-7-19-57(47)70/h2-39H. The maximum absolute atomic E-state index is 7.78. The van der Waals surface area contributed by atoms with Crippen LogP contribution < -0.4 is 4.74 Å². The lowest BCUT2D eigenvalue weighted by Crippen LogP contribution is -2.32. The smallest absolute Gasteiger partial charge is 0.188 e. The molecule has 7 heteroatoms. The molecule has 0 saturated carbocycles. The largest absolute Gasteiger partial charge is 0.457 e. The second kappa shape index (κ2) is 14.8. The van der Waals surface area contributed by atoms with Crippen LogP contribution in [0.4, 0.5) is 5.69 Å². The van der Waals surface area contributed by atoms with E-state index in [0.717, 1.165) is 106 Å². The lowest BCUT2D eigenvalue weighted by molar-refractivity contribution is 0.436. The molecule has 0 saturated heterocycles. The number of para-hydroxylation sites is 4. The van der Waals surface area contributed by atoms with Gasteiger partial charge in [-0.15, -0.1) is 0 Å². The minimum absolute atomic E-state index is 0.619. The molecule has 5 aromatic heterocycles. The number of ether oxygens (including phenoxy) is 1. The number of hydrogen-bond acceptors (Lipinski definition) is 3. The molecule has 1 aliphatic carbocycles. The Bertz CT molecular complexity index is 4640. The first-order valence-electron chi connectivity index (χ1n) is 24.6. The Balaban J connectivity index is 0.846. The zero-order valence-corrected chi connectivity index (χ0v) is 39.0. The molecule has 1 aliphatic heterocycles. The number of fused-ring (bicyclic) bond motifs is 18. The van der Waals surface area contributed by atoms with Crippen molar-refractivity contribution < 1.29 is 4.74 Å². The highest BCUT2D eigenvalue weighted by Crippen LogP contribution is 2.62. The molecule has 9 aromatic carbocycles. The Kier molecular flexibility index (Phi) is 8.04. The van der Waals surface area contributed by atoms with E-state index in [4.69, 9.17) is 21.3 Å². The van der Waals surface area contributed by atoms with Gasteiger partial charge in [0.05, 0.1) is 56.5 Å². The molecular formula is C66H38N6O. The summed E-state index contributed by atoms with van der Waals surface area (Å²) in [5.41, 5.74) is 18.0. The fourth-order valence-electron chi connectivity index (χ4n) is 12.6. The van der Waals surface area contributed by atoms with E-state index in [2.05, 4.69) is 213 Å². The average Bonchev–Trinajstić information content (AvgIpc) is 4.21. The fraction of sp³-hybridized carbons (Fsp3) is 0.0152. The van der Waals surface area contributed by atoms with Crippen LogP contribution >= 0.6 is 0 Å². The Labute approximate surface area is 418 Å². The van der Waals surface area contributed by atoms with E-state index in [-0.39, 0.29) is 0 Å². The van der Waals surface area contributed by atoms with Gasteiger partial charge in [0.2, 0.25) is 0 Å². The number of rotatable bonds is 4. The van der Waals surface area contributed by atoms with Crippen LogP contribution in [0.3, 0.4) is 0 Å². The van der Waals surface area contributed by atoms with Crippen LogP contribution in [0.15, 0.2) is 231 Å². The predicted octanol–water partition coefficient (Wildman–Crippen LogP) is 16.5. The molecule has 7 nitrogen and oxygen atoms in total. The van der Waals surface area contributed by atoms with Crippen LogP contribution in [-0.4, -0.2) is 23.7 Å². The van der Waals surface area contributed by atoms with E-state index in [1.807, 2.05) is 36.7 Å². The van der Waals surface area contributed by atoms with Crippen LogP contribution in [0.5, 0.6) is 11.5 Å². The van der Waals surface area contributed by atoms with Crippen LogP contribution in [-0.2, 0) is 5.41 Å². The number of aromatic nitrogens is 5. The van der Waals surface area contributed by atoms with Gasteiger partial charge >= 0.3 is 0 Å². The molecule has 0 fully saturated rings. The molecule has 0 amide bonds. The molecule has 0 radical (unpaired) electrons. The Morgan fingerprint density at radius 3 is 1.40 bits per heavy atom. The zero-order chi connectivity index (χ0) is 47.9. The third kappa shape index (κ3) is 5.36. The van der Waals surface area contributed by atoms with Crippen molar-refractivity contribution in [1.82, 2.24) is 23.7 Å². The van der Waals surface area contributed by atoms with Gasteiger partial charge in [0.15, 0.2) is 5.69 Å². The van der Waals surface area contributed by atoms with E-state index >= 15 is 0 Å². The number of hydrogen-bond donors (Lipinski definition) is 0. The van der Waals surface area contributed by atoms with E-state index in [0.29, 0.717) is 5.69 Å². The molecule has 1 spiro atoms. The molecule has 0 bridgehead atoms. The Hall–Kier alpha value is -10.0. The van der Waals surface area contributed by atoms with Gasteiger partial charge in [-0.05, 0) is 137 Å². The summed E-state index contributed by atoms with van der Waals surface area (Å²) < 4.78 is 14.2. The van der Waals surface area contributed by atoms with Gasteiger partial charge in [0, 0.05) is 67.5 Å². The van der Waals surface area contributed by atoms with Crippen molar-refractivity contribution in [2.45, 2.75) is 5.41 Å². The average molecular weight is 931 g/mol. The highest BCUT2D eigenvalue weighted by atomic mass is 16.5. The molecule has 0 unspecified atom stereocenters. The summed E-state index contributed by atoms with van der Waals surface area (Å²) in [6.07, 6.45) is 3.73. The fourth-order valence-corrected chi connectivity index (χ4v) is 12.6. The molecular weight excluding hydrogens is 893 g/mol. The minimum atomic E-state index is -0.783. The third-order valence-corrected chi connectivity index (χ3v) is 15.6. The monoisotopic (exact) mass is 930 g/mol. The van der Waals surface area contributed by atoms with Crippen molar-refractivity contribution in [1.29, 1.82) is 0 Å². The number of pyridine rings is 2. The van der Waals surface area contributed by atoms with Gasteiger partial charge in [-0.25, -0.2) is 4.85 Å². The van der Waals surface area contributed by atoms with Crippen LogP contribution in [0.25, 0.3) is 110 Å². The summed E-state index contributed by atoms with van der Waals surface area (Å²) in [5.74, 6) is 1.57. The first-order valence-corrected chi connectivity index (χ1v) is 24.6. The lowest BCUT2D eigenvalue weighted by Gasteiger charge is -2.39. The first-order chi connectivity index (χ1) is 36.2. The SMILES string of the molecule is [C-]#[N+]c1ccc2c(c1)c1ccccc1n2-c1ccc2c(c1)C1(c3ccc(-c4ccc5c(c4)c4ccccc4n5-c4ccc(-n5c6ccccc6c6ccccc65)cc4)cc3O2)c2cccnc2-c2ncccc21. The molecule has 338 valence electrons. The lowest BCUT2D eigenvalue weighted by atomic mass is 9.66. The number of nitrogens with zero attached hydrogens (tertiary/aromatic N) is 6. The minimum Gasteiger partial charge on any atom is -0.457 e. The molecule has 6 heterocycles.